The molecule has 0 bridgehead atoms. The van der Waals surface area contributed by atoms with Gasteiger partial charge in [-0.15, -0.1) is 23.1 Å². The van der Waals surface area contributed by atoms with Gasteiger partial charge in [0.25, 0.3) is 11.8 Å². The summed E-state index contributed by atoms with van der Waals surface area (Å²) in [5, 5.41) is 35.7. The van der Waals surface area contributed by atoms with Gasteiger partial charge in [0.2, 0.25) is 5.88 Å². The Labute approximate surface area is 219 Å². The van der Waals surface area contributed by atoms with Crippen molar-refractivity contribution in [2.75, 3.05) is 24.3 Å². The number of nitrogens with two attached hydrogens (primary N) is 1. The number of hydrogen-bond donors (Lipinski definition) is 5. The number of aromatic carboxylic acids is 1. The summed E-state index contributed by atoms with van der Waals surface area (Å²) in [7, 11) is 1.24. The lowest BCUT2D eigenvalue weighted by Gasteiger charge is -2.49. The summed E-state index contributed by atoms with van der Waals surface area (Å²) in [4.78, 5) is 66.3. The fraction of sp³-hybridized carbons (Fsp3) is 0.263. The summed E-state index contributed by atoms with van der Waals surface area (Å²) < 4.78 is 0. The van der Waals surface area contributed by atoms with Gasteiger partial charge >= 0.3 is 11.9 Å². The number of carbonyl (C=O) groups is 4. The molecule has 0 unspecified atom stereocenters. The first kappa shape index (κ1) is 26.2. The van der Waals surface area contributed by atoms with Crippen LogP contribution in [0.1, 0.15) is 16.2 Å². The molecule has 6 N–H and O–H groups in total. The first-order valence-corrected chi connectivity index (χ1v) is 13.0. The minimum Gasteiger partial charge on any atom is -0.493 e. The number of carboxylic acid groups (broad SMARTS) is 2. The van der Waals surface area contributed by atoms with E-state index in [0.717, 1.165) is 34.1 Å². The van der Waals surface area contributed by atoms with Gasteiger partial charge in [-0.3, -0.25) is 14.5 Å². The Morgan fingerprint density at radius 1 is 1.27 bits per heavy atom. The molecule has 2 atom stereocenters. The molecule has 2 aliphatic rings. The van der Waals surface area contributed by atoms with E-state index in [0.29, 0.717) is 5.57 Å². The van der Waals surface area contributed by atoms with E-state index in [-0.39, 0.29) is 38.9 Å². The molecular weight excluding hydrogens is 550 g/mol. The van der Waals surface area contributed by atoms with Crippen LogP contribution in [-0.4, -0.2) is 94.7 Å². The number of nitrogen functional groups attached to an aromatic ring is 1. The normalized spacial score (nSPS) is 19.2. The monoisotopic (exact) mass is 567 g/mol. The van der Waals surface area contributed by atoms with Gasteiger partial charge < -0.3 is 31.2 Å². The smallest absolute Gasteiger partial charge is 0.354 e. The van der Waals surface area contributed by atoms with E-state index < -0.39 is 46.7 Å². The van der Waals surface area contributed by atoms with Crippen LogP contribution in [0.15, 0.2) is 33.0 Å². The van der Waals surface area contributed by atoms with Gasteiger partial charge in [0.15, 0.2) is 21.7 Å². The number of oxime groups is 1. The maximum atomic E-state index is 12.9. The Bertz CT molecular complexity index is 1360. The molecule has 0 aliphatic carbocycles. The number of thioether (sulfide) groups is 2. The zero-order chi connectivity index (χ0) is 26.9. The average Bonchev–Trinajstić information content (AvgIpc) is 3.28. The molecule has 37 heavy (non-hydrogen) atoms. The largest absolute Gasteiger partial charge is 0.493 e. The van der Waals surface area contributed by atoms with Gasteiger partial charge in [-0.05, 0) is 5.57 Å². The molecule has 0 aromatic carbocycles. The lowest BCUT2D eigenvalue weighted by molar-refractivity contribution is -0.150. The van der Waals surface area contributed by atoms with Crippen molar-refractivity contribution in [1.82, 2.24) is 25.2 Å². The molecule has 0 radical (unpaired) electrons. The van der Waals surface area contributed by atoms with Crippen LogP contribution in [0.25, 0.3) is 0 Å². The number of aromatic nitrogens is 3. The topological polar surface area (TPSA) is 231 Å². The zero-order valence-corrected chi connectivity index (χ0v) is 21.1. The fourth-order valence-corrected chi connectivity index (χ4v) is 6.32. The van der Waals surface area contributed by atoms with Crippen molar-refractivity contribution in [3.63, 3.8) is 0 Å². The number of aromatic hydroxyl groups is 1. The van der Waals surface area contributed by atoms with Crippen molar-refractivity contribution in [3.05, 3.63) is 34.1 Å². The second kappa shape index (κ2) is 10.6. The van der Waals surface area contributed by atoms with Crippen LogP contribution in [-0.2, 0) is 19.2 Å². The lowest BCUT2D eigenvalue weighted by atomic mass is 10.0. The number of fused-ring (bicyclic) bond motifs is 1. The third-order valence-corrected chi connectivity index (χ3v) is 7.93. The molecule has 4 rings (SSSR count). The molecule has 0 saturated carbocycles. The van der Waals surface area contributed by atoms with Gasteiger partial charge in [-0.25, -0.2) is 19.6 Å². The lowest BCUT2D eigenvalue weighted by Crippen LogP contribution is -2.71. The molecule has 0 spiro atoms. The second-order valence-corrected chi connectivity index (χ2v) is 10.2. The SMILES string of the molecule is CON=C(C(=O)N[C@@H]1C(=O)N2C(C(=O)O)=C(CSc3nc(O)cc(C(=O)O)n3)CS[C@@H]12)c1csc(N)n1. The number of amides is 2. The number of rotatable bonds is 9. The van der Waals surface area contributed by atoms with Crippen LogP contribution in [0.5, 0.6) is 5.88 Å². The van der Waals surface area contributed by atoms with E-state index in [1.165, 1.54) is 24.3 Å². The first-order chi connectivity index (χ1) is 17.6. The van der Waals surface area contributed by atoms with Crippen molar-refractivity contribution < 1.29 is 39.3 Å². The maximum Gasteiger partial charge on any atom is 0.354 e. The molecule has 18 heteroatoms. The zero-order valence-electron chi connectivity index (χ0n) is 18.6. The summed E-state index contributed by atoms with van der Waals surface area (Å²) in [6, 6.07) is -0.138. The van der Waals surface area contributed by atoms with Crippen LogP contribution >= 0.6 is 34.9 Å². The van der Waals surface area contributed by atoms with E-state index in [2.05, 4.69) is 25.4 Å². The van der Waals surface area contributed by atoms with Gasteiger partial charge in [-0.2, -0.15) is 4.98 Å². The van der Waals surface area contributed by atoms with Crippen LogP contribution in [0.4, 0.5) is 5.13 Å². The molecule has 2 aromatic rings. The molecule has 1 saturated heterocycles. The summed E-state index contributed by atoms with van der Waals surface area (Å²) >= 11 is 3.23. The molecule has 4 heterocycles. The van der Waals surface area contributed by atoms with E-state index in [4.69, 9.17) is 15.7 Å². The Kier molecular flexibility index (Phi) is 7.50. The second-order valence-electron chi connectivity index (χ2n) is 7.30. The third kappa shape index (κ3) is 5.30. The van der Waals surface area contributed by atoms with Gasteiger partial charge in [0.1, 0.15) is 29.9 Å². The molecule has 2 amide bonds. The summed E-state index contributed by atoms with van der Waals surface area (Å²) in [6.07, 6.45) is 0. The number of hydrogen-bond acceptors (Lipinski definition) is 14. The molecular formula is C19H17N7O8S3. The van der Waals surface area contributed by atoms with Crippen LogP contribution < -0.4 is 11.1 Å². The highest BCUT2D eigenvalue weighted by Crippen LogP contribution is 2.41. The van der Waals surface area contributed by atoms with Crippen molar-refractivity contribution >= 4 is 69.5 Å². The quantitative estimate of drug-likeness (QED) is 0.0869. The number of carbonyl (C=O) groups excluding carboxylic acids is 2. The highest BCUT2D eigenvalue weighted by molar-refractivity contribution is 8.01. The van der Waals surface area contributed by atoms with Crippen molar-refractivity contribution in [3.8, 4) is 5.88 Å². The molecule has 2 aliphatic heterocycles. The Morgan fingerprint density at radius 3 is 2.65 bits per heavy atom. The molecule has 15 nitrogen and oxygen atoms in total. The highest BCUT2D eigenvalue weighted by Gasteiger charge is 2.54. The predicted molar refractivity (Wildman–Crippen MR) is 131 cm³/mol. The van der Waals surface area contributed by atoms with Crippen LogP contribution in [0, 0.1) is 0 Å². The van der Waals surface area contributed by atoms with Crippen molar-refractivity contribution in [2.45, 2.75) is 16.6 Å². The van der Waals surface area contributed by atoms with Gasteiger partial charge in [0.05, 0.1) is 0 Å². The van der Waals surface area contributed by atoms with E-state index in [9.17, 15) is 29.4 Å². The van der Waals surface area contributed by atoms with Crippen molar-refractivity contribution in [2.24, 2.45) is 5.16 Å². The third-order valence-electron chi connectivity index (χ3n) is 4.99. The molecule has 1 fully saturated rings. The van der Waals surface area contributed by atoms with Crippen LogP contribution in [0.3, 0.4) is 0 Å². The maximum absolute atomic E-state index is 12.9. The van der Waals surface area contributed by atoms with E-state index >= 15 is 0 Å². The summed E-state index contributed by atoms with van der Waals surface area (Å²) in [5.41, 5.74) is 5.27. The number of nitrogens with zero attached hydrogens (tertiary/aromatic N) is 5. The van der Waals surface area contributed by atoms with Crippen molar-refractivity contribution in [1.29, 1.82) is 0 Å². The summed E-state index contributed by atoms with van der Waals surface area (Å²) in [6.45, 7) is 0. The number of β-lactam (4-membered cyclic amide) rings is 1. The number of anilines is 1. The Morgan fingerprint density at radius 2 is 2.03 bits per heavy atom. The number of nitrogens with one attached hydrogen (secondary N) is 1. The highest BCUT2D eigenvalue weighted by atomic mass is 32.2. The number of aliphatic carboxylic acids is 1. The molecule has 2 aromatic heterocycles. The predicted octanol–water partition coefficient (Wildman–Crippen LogP) is -0.199. The standard InChI is InChI=1S/C19H17N7O8S3/c1-34-25-10(8-5-36-18(20)21-8)13(28)24-11-14(29)26-12(17(32)33)6(3-35-15(11)26)4-37-19-22-7(16(30)31)2-9(27)23-19/h2,5,11,15H,3-4H2,1H3,(H2,20,21)(H,24,28)(H,30,31)(H,32,33)(H,22,23,27)/t11-,15+/m1/s1. The van der Waals surface area contributed by atoms with E-state index in [1.54, 1.807) is 0 Å². The van der Waals surface area contributed by atoms with Crippen LogP contribution in [0.2, 0.25) is 0 Å². The summed E-state index contributed by atoms with van der Waals surface area (Å²) in [5.74, 6) is -4.43. The van der Waals surface area contributed by atoms with Gasteiger partial charge in [-0.1, -0.05) is 16.9 Å². The van der Waals surface area contributed by atoms with E-state index in [1.807, 2.05) is 0 Å². The minimum atomic E-state index is -1.36. The number of thiazole rings is 1. The molecule has 194 valence electrons. The Hall–Kier alpha value is -3.90. The minimum absolute atomic E-state index is 0.0144. The Balaban J connectivity index is 1.50. The first-order valence-electron chi connectivity index (χ1n) is 10.1. The number of carboxylic acids is 2. The average molecular weight is 568 g/mol. The fourth-order valence-electron chi connectivity index (χ4n) is 3.43. The van der Waals surface area contributed by atoms with Gasteiger partial charge in [0, 0.05) is 23.0 Å².